The first-order chi connectivity index (χ1) is 13.5. The fraction of sp³-hybridized carbons (Fsp3) is 0.190. The number of carbonyl (C=O) groups is 2. The van der Waals surface area contributed by atoms with Crippen molar-refractivity contribution < 1.29 is 14.3 Å². The highest BCUT2D eigenvalue weighted by Gasteiger charge is 2.18. The molecule has 1 atom stereocenters. The van der Waals surface area contributed by atoms with Gasteiger partial charge < -0.3 is 10.1 Å². The molecule has 1 heterocycles. The van der Waals surface area contributed by atoms with Crippen molar-refractivity contribution in [3.05, 3.63) is 66.5 Å². The van der Waals surface area contributed by atoms with Gasteiger partial charge in [-0.2, -0.15) is 0 Å². The summed E-state index contributed by atoms with van der Waals surface area (Å²) in [5, 5.41) is 3.18. The van der Waals surface area contributed by atoms with E-state index in [1.54, 1.807) is 37.6 Å². The van der Waals surface area contributed by atoms with Gasteiger partial charge in [-0.25, -0.2) is 4.98 Å². The Bertz CT molecular complexity index is 1000. The number of benzene rings is 2. The molecule has 0 saturated carbocycles. The number of imidazole rings is 1. The number of nitrogens with zero attached hydrogens (tertiary/aromatic N) is 2. The fourth-order valence-electron chi connectivity index (χ4n) is 2.61. The highest BCUT2D eigenvalue weighted by atomic mass is 32.2. The highest BCUT2D eigenvalue weighted by Crippen LogP contribution is 2.27. The summed E-state index contributed by atoms with van der Waals surface area (Å²) < 4.78 is 7.19. The standard InChI is InChI=1S/C21H21N3O3S/c1-14(25)16-6-4-7-17(12-16)23-20(26)15(2)28-21-22-10-11-24(21)18-8-5-9-19(13-18)27-3/h4-13,15H,1-3H3,(H,23,26). The Kier molecular flexibility index (Phi) is 6.16. The molecule has 144 valence electrons. The molecule has 3 aromatic rings. The average molecular weight is 395 g/mol. The molecule has 6 nitrogen and oxygen atoms in total. The highest BCUT2D eigenvalue weighted by molar-refractivity contribution is 8.00. The van der Waals surface area contributed by atoms with Crippen molar-refractivity contribution in [2.24, 2.45) is 0 Å². The summed E-state index contributed by atoms with van der Waals surface area (Å²) in [7, 11) is 1.62. The van der Waals surface area contributed by atoms with Crippen LogP contribution in [0.2, 0.25) is 0 Å². The van der Waals surface area contributed by atoms with Crippen LogP contribution in [0, 0.1) is 0 Å². The predicted octanol–water partition coefficient (Wildman–Crippen LogP) is 4.20. The Labute approximate surface area is 167 Å². The van der Waals surface area contributed by atoms with E-state index in [4.69, 9.17) is 4.74 Å². The van der Waals surface area contributed by atoms with Gasteiger partial charge in [0.2, 0.25) is 5.91 Å². The van der Waals surface area contributed by atoms with E-state index < -0.39 is 0 Å². The molecule has 1 aromatic heterocycles. The topological polar surface area (TPSA) is 73.2 Å². The first-order valence-corrected chi connectivity index (χ1v) is 9.62. The smallest absolute Gasteiger partial charge is 0.237 e. The molecule has 0 fully saturated rings. The minimum absolute atomic E-state index is 0.0427. The van der Waals surface area contributed by atoms with Gasteiger partial charge in [0, 0.05) is 29.7 Å². The van der Waals surface area contributed by atoms with Gasteiger partial charge in [-0.15, -0.1) is 0 Å². The van der Waals surface area contributed by atoms with E-state index in [1.165, 1.54) is 18.7 Å². The zero-order valence-corrected chi connectivity index (χ0v) is 16.7. The molecule has 0 spiro atoms. The SMILES string of the molecule is COc1cccc(-n2ccnc2SC(C)C(=O)Nc2cccc(C(C)=O)c2)c1. The Morgan fingerprint density at radius 2 is 1.96 bits per heavy atom. The van der Waals surface area contributed by atoms with Crippen LogP contribution in [0.4, 0.5) is 5.69 Å². The normalized spacial score (nSPS) is 11.7. The number of rotatable bonds is 7. The first-order valence-electron chi connectivity index (χ1n) is 8.74. The van der Waals surface area contributed by atoms with Crippen LogP contribution in [0.3, 0.4) is 0 Å². The maximum absolute atomic E-state index is 12.6. The lowest BCUT2D eigenvalue weighted by Gasteiger charge is -2.14. The second-order valence-corrected chi connectivity index (χ2v) is 7.48. The van der Waals surface area contributed by atoms with Crippen molar-refractivity contribution >= 4 is 29.1 Å². The molecule has 1 N–H and O–H groups in total. The molecule has 0 aliphatic rings. The molecule has 0 saturated heterocycles. The number of anilines is 1. The van der Waals surface area contributed by atoms with Gasteiger partial charge >= 0.3 is 0 Å². The molecule has 3 rings (SSSR count). The van der Waals surface area contributed by atoms with Gasteiger partial charge in [-0.3, -0.25) is 14.2 Å². The summed E-state index contributed by atoms with van der Waals surface area (Å²) in [6, 6.07) is 14.5. The first kappa shape index (κ1) is 19.7. The zero-order chi connectivity index (χ0) is 20.1. The van der Waals surface area contributed by atoms with Crippen LogP contribution in [0.5, 0.6) is 5.75 Å². The summed E-state index contributed by atoms with van der Waals surface area (Å²) in [6.07, 6.45) is 3.54. The summed E-state index contributed by atoms with van der Waals surface area (Å²) in [6.45, 7) is 3.32. The van der Waals surface area contributed by atoms with Crippen molar-refractivity contribution in [3.63, 3.8) is 0 Å². The molecule has 7 heteroatoms. The minimum atomic E-state index is -0.382. The van der Waals surface area contributed by atoms with Crippen LogP contribution in [-0.4, -0.2) is 33.6 Å². The molecular weight excluding hydrogens is 374 g/mol. The van der Waals surface area contributed by atoms with E-state index in [9.17, 15) is 9.59 Å². The number of hydrogen-bond acceptors (Lipinski definition) is 5. The average Bonchev–Trinajstić information content (AvgIpc) is 3.16. The second-order valence-electron chi connectivity index (χ2n) is 6.17. The fourth-order valence-corrected chi connectivity index (χ4v) is 3.49. The quantitative estimate of drug-likeness (QED) is 0.479. The van der Waals surface area contributed by atoms with E-state index in [2.05, 4.69) is 10.3 Å². The number of hydrogen-bond donors (Lipinski definition) is 1. The molecule has 28 heavy (non-hydrogen) atoms. The maximum Gasteiger partial charge on any atom is 0.237 e. The van der Waals surface area contributed by atoms with E-state index in [0.29, 0.717) is 16.4 Å². The van der Waals surface area contributed by atoms with Crippen molar-refractivity contribution in [2.45, 2.75) is 24.3 Å². The number of amides is 1. The summed E-state index contributed by atoms with van der Waals surface area (Å²) in [5.41, 5.74) is 2.06. The van der Waals surface area contributed by atoms with E-state index in [1.807, 2.05) is 42.0 Å². The van der Waals surface area contributed by atoms with Crippen molar-refractivity contribution in [1.29, 1.82) is 0 Å². The van der Waals surface area contributed by atoms with Crippen LogP contribution < -0.4 is 10.1 Å². The van der Waals surface area contributed by atoms with Crippen LogP contribution in [0.25, 0.3) is 5.69 Å². The van der Waals surface area contributed by atoms with Gasteiger partial charge in [0.15, 0.2) is 10.9 Å². The molecule has 2 aromatic carbocycles. The van der Waals surface area contributed by atoms with Crippen molar-refractivity contribution in [2.75, 3.05) is 12.4 Å². The number of nitrogens with one attached hydrogen (secondary N) is 1. The molecule has 1 unspecified atom stereocenters. The number of carbonyl (C=O) groups excluding carboxylic acids is 2. The van der Waals surface area contributed by atoms with Crippen molar-refractivity contribution in [1.82, 2.24) is 9.55 Å². The third-order valence-electron chi connectivity index (χ3n) is 4.13. The van der Waals surface area contributed by atoms with Crippen LogP contribution in [0.1, 0.15) is 24.2 Å². The maximum atomic E-state index is 12.6. The van der Waals surface area contributed by atoms with Gasteiger partial charge in [0.1, 0.15) is 5.75 Å². The van der Waals surface area contributed by atoms with Gasteiger partial charge in [-0.1, -0.05) is 30.0 Å². The van der Waals surface area contributed by atoms with E-state index in [-0.39, 0.29) is 16.9 Å². The number of methoxy groups -OCH3 is 1. The number of ketones is 1. The van der Waals surface area contributed by atoms with Crippen LogP contribution in [-0.2, 0) is 4.79 Å². The summed E-state index contributed by atoms with van der Waals surface area (Å²) in [5.74, 6) is 0.544. The van der Waals surface area contributed by atoms with Gasteiger partial charge in [0.25, 0.3) is 0 Å². The number of ether oxygens (including phenoxy) is 1. The Morgan fingerprint density at radius 1 is 1.18 bits per heavy atom. The second kappa shape index (κ2) is 8.75. The number of aromatic nitrogens is 2. The third kappa shape index (κ3) is 4.61. The molecule has 0 radical (unpaired) electrons. The lowest BCUT2D eigenvalue weighted by atomic mass is 10.1. The largest absolute Gasteiger partial charge is 0.497 e. The number of Topliss-reactive ketones (excluding diaryl/α,β-unsaturated/α-hetero) is 1. The predicted molar refractivity (Wildman–Crippen MR) is 111 cm³/mol. The monoisotopic (exact) mass is 395 g/mol. The third-order valence-corrected chi connectivity index (χ3v) is 5.21. The zero-order valence-electron chi connectivity index (χ0n) is 15.9. The van der Waals surface area contributed by atoms with E-state index >= 15 is 0 Å². The van der Waals surface area contributed by atoms with Crippen molar-refractivity contribution in [3.8, 4) is 11.4 Å². The van der Waals surface area contributed by atoms with Crippen LogP contribution >= 0.6 is 11.8 Å². The van der Waals surface area contributed by atoms with E-state index in [0.717, 1.165) is 11.4 Å². The van der Waals surface area contributed by atoms with Gasteiger partial charge in [0.05, 0.1) is 18.0 Å². The molecular formula is C21H21N3O3S. The molecule has 0 aliphatic carbocycles. The molecule has 0 aliphatic heterocycles. The number of thioether (sulfide) groups is 1. The minimum Gasteiger partial charge on any atom is -0.497 e. The lowest BCUT2D eigenvalue weighted by Crippen LogP contribution is -2.23. The Balaban J connectivity index is 1.72. The lowest BCUT2D eigenvalue weighted by molar-refractivity contribution is -0.115. The van der Waals surface area contributed by atoms with Gasteiger partial charge in [-0.05, 0) is 38.1 Å². The molecule has 0 bridgehead atoms. The summed E-state index contributed by atoms with van der Waals surface area (Å²) in [4.78, 5) is 28.5. The summed E-state index contributed by atoms with van der Waals surface area (Å²) >= 11 is 1.36. The Morgan fingerprint density at radius 3 is 2.71 bits per heavy atom. The molecule has 1 amide bonds. The Hall–Kier alpha value is -3.06. The van der Waals surface area contributed by atoms with Crippen LogP contribution in [0.15, 0.2) is 66.1 Å².